The van der Waals surface area contributed by atoms with Crippen LogP contribution in [0.3, 0.4) is 0 Å². The molecule has 1 amide bonds. The van der Waals surface area contributed by atoms with Crippen molar-refractivity contribution in [2.45, 2.75) is 19.4 Å². The number of nitrogens with one attached hydrogen (secondary N) is 1. The van der Waals surface area contributed by atoms with Crippen LogP contribution >= 0.6 is 27.5 Å². The van der Waals surface area contributed by atoms with E-state index < -0.39 is 6.04 Å². The highest BCUT2D eigenvalue weighted by atomic mass is 79.9. The highest BCUT2D eigenvalue weighted by Gasteiger charge is 2.43. The van der Waals surface area contributed by atoms with Gasteiger partial charge in [-0.25, -0.2) is 0 Å². The van der Waals surface area contributed by atoms with Gasteiger partial charge < -0.3 is 24.6 Å². The van der Waals surface area contributed by atoms with Crippen molar-refractivity contribution in [3.8, 4) is 34.3 Å². The van der Waals surface area contributed by atoms with Gasteiger partial charge in [0.25, 0.3) is 5.91 Å². The van der Waals surface area contributed by atoms with Gasteiger partial charge in [-0.1, -0.05) is 23.7 Å². The summed E-state index contributed by atoms with van der Waals surface area (Å²) in [5.74, 6) is 0.761. The second-order valence-electron chi connectivity index (χ2n) is 9.03. The van der Waals surface area contributed by atoms with Gasteiger partial charge in [-0.15, -0.1) is 0 Å². The predicted molar refractivity (Wildman–Crippen MR) is 147 cm³/mol. The maximum Gasteiger partial charge on any atom is 0.273 e. The molecule has 0 saturated carbocycles. The van der Waals surface area contributed by atoms with E-state index in [1.807, 2.05) is 24.3 Å². The standard InChI is InChI=1S/C28H25BrClN3O5/c1-14-10-21(34)18(13-20(14)30)24-23-25(32-31-24)28(36)33(9-8-15-4-6-17(37-2)7-5-15)26(23)16-11-19(29)27(35)22(12-16)38-3/h4-7,10-13,26,34-35H,8-9H2,1-3H3,(H,31,32). The number of halogens is 2. The fourth-order valence-corrected chi connectivity index (χ4v) is 5.41. The second kappa shape index (κ2) is 10.2. The minimum atomic E-state index is -0.574. The molecule has 0 bridgehead atoms. The fraction of sp³-hybridized carbons (Fsp3) is 0.214. The number of hydrogen-bond donors (Lipinski definition) is 3. The average Bonchev–Trinajstić information content (AvgIpc) is 3.45. The molecule has 0 fully saturated rings. The van der Waals surface area contributed by atoms with Crippen LogP contribution in [0, 0.1) is 6.92 Å². The number of methoxy groups -OCH3 is 2. The summed E-state index contributed by atoms with van der Waals surface area (Å²) in [6.45, 7) is 2.20. The van der Waals surface area contributed by atoms with Crippen molar-refractivity contribution in [3.63, 3.8) is 0 Å². The number of nitrogens with zero attached hydrogens (tertiary/aromatic N) is 2. The van der Waals surface area contributed by atoms with Gasteiger partial charge in [0, 0.05) is 22.7 Å². The molecule has 5 rings (SSSR count). The third-order valence-corrected chi connectivity index (χ3v) is 7.79. The van der Waals surface area contributed by atoms with E-state index >= 15 is 0 Å². The summed E-state index contributed by atoms with van der Waals surface area (Å²) in [5, 5.41) is 29.0. The molecule has 38 heavy (non-hydrogen) atoms. The Kier molecular flexibility index (Phi) is 6.98. The molecule has 0 saturated heterocycles. The molecule has 10 heteroatoms. The van der Waals surface area contributed by atoms with Crippen LogP contribution in [0.1, 0.15) is 38.8 Å². The lowest BCUT2D eigenvalue weighted by Crippen LogP contribution is -2.31. The lowest BCUT2D eigenvalue weighted by Gasteiger charge is -2.27. The zero-order chi connectivity index (χ0) is 27.1. The van der Waals surface area contributed by atoms with Crippen molar-refractivity contribution < 1.29 is 24.5 Å². The van der Waals surface area contributed by atoms with Gasteiger partial charge in [0.15, 0.2) is 11.5 Å². The number of aromatic amines is 1. The molecule has 1 atom stereocenters. The number of aryl methyl sites for hydroxylation is 1. The Labute approximate surface area is 232 Å². The normalized spacial score (nSPS) is 14.6. The fourth-order valence-electron chi connectivity index (χ4n) is 4.78. The minimum absolute atomic E-state index is 0.00792. The zero-order valence-corrected chi connectivity index (χ0v) is 23.2. The molecule has 0 spiro atoms. The molecule has 0 aliphatic carbocycles. The van der Waals surface area contributed by atoms with Crippen molar-refractivity contribution in [3.05, 3.63) is 86.0 Å². The lowest BCUT2D eigenvalue weighted by molar-refractivity contribution is 0.0745. The van der Waals surface area contributed by atoms with E-state index in [-0.39, 0.29) is 23.2 Å². The maximum absolute atomic E-state index is 13.7. The first-order valence-corrected chi connectivity index (χ1v) is 13.0. The van der Waals surface area contributed by atoms with E-state index in [0.29, 0.717) is 50.5 Å². The molecule has 4 aromatic rings. The highest BCUT2D eigenvalue weighted by molar-refractivity contribution is 9.10. The summed E-state index contributed by atoms with van der Waals surface area (Å²) < 4.78 is 11.1. The zero-order valence-electron chi connectivity index (χ0n) is 20.9. The van der Waals surface area contributed by atoms with Crippen LogP contribution in [-0.2, 0) is 6.42 Å². The molecule has 0 radical (unpaired) electrons. The lowest BCUT2D eigenvalue weighted by atomic mass is 9.94. The van der Waals surface area contributed by atoms with E-state index in [9.17, 15) is 15.0 Å². The Hall–Kier alpha value is -3.69. The van der Waals surface area contributed by atoms with Crippen LogP contribution in [0.5, 0.6) is 23.0 Å². The van der Waals surface area contributed by atoms with E-state index in [1.165, 1.54) is 7.11 Å². The first-order valence-electron chi connectivity index (χ1n) is 11.8. The van der Waals surface area contributed by atoms with Gasteiger partial charge in [-0.3, -0.25) is 9.89 Å². The van der Waals surface area contributed by atoms with Crippen LogP contribution in [0.25, 0.3) is 11.3 Å². The summed E-state index contributed by atoms with van der Waals surface area (Å²) in [6, 6.07) is 13.8. The highest BCUT2D eigenvalue weighted by Crippen LogP contribution is 2.47. The minimum Gasteiger partial charge on any atom is -0.507 e. The number of aromatic hydroxyl groups is 2. The molecular formula is C28H25BrClN3O5. The molecule has 1 unspecified atom stereocenters. The summed E-state index contributed by atoms with van der Waals surface area (Å²) in [6.07, 6.45) is 0.595. The molecule has 1 aliphatic rings. The molecule has 196 valence electrons. The number of ether oxygens (including phenoxy) is 2. The predicted octanol–water partition coefficient (Wildman–Crippen LogP) is 6.02. The quantitative estimate of drug-likeness (QED) is 0.240. The summed E-state index contributed by atoms with van der Waals surface area (Å²) in [7, 11) is 3.08. The van der Waals surface area contributed by atoms with Gasteiger partial charge in [-0.2, -0.15) is 5.10 Å². The van der Waals surface area contributed by atoms with Crippen molar-refractivity contribution in [2.24, 2.45) is 0 Å². The van der Waals surface area contributed by atoms with Gasteiger partial charge in [-0.05, 0) is 82.4 Å². The molecule has 2 heterocycles. The van der Waals surface area contributed by atoms with Gasteiger partial charge in [0.2, 0.25) is 0 Å². The number of fused-ring (bicyclic) bond motifs is 1. The summed E-state index contributed by atoms with van der Waals surface area (Å²) >= 11 is 9.80. The number of benzene rings is 3. The van der Waals surface area contributed by atoms with E-state index in [0.717, 1.165) is 16.9 Å². The van der Waals surface area contributed by atoms with Crippen LogP contribution in [0.4, 0.5) is 0 Å². The van der Waals surface area contributed by atoms with E-state index in [1.54, 1.807) is 43.2 Å². The smallest absolute Gasteiger partial charge is 0.273 e. The molecular weight excluding hydrogens is 574 g/mol. The van der Waals surface area contributed by atoms with Gasteiger partial charge in [0.05, 0.1) is 24.7 Å². The first kappa shape index (κ1) is 25.9. The summed E-state index contributed by atoms with van der Waals surface area (Å²) in [4.78, 5) is 15.5. The number of phenols is 2. The van der Waals surface area contributed by atoms with Crippen LogP contribution < -0.4 is 9.47 Å². The van der Waals surface area contributed by atoms with Gasteiger partial charge in [0.1, 0.15) is 22.9 Å². The van der Waals surface area contributed by atoms with Crippen LogP contribution in [0.15, 0.2) is 53.0 Å². The van der Waals surface area contributed by atoms with E-state index in [4.69, 9.17) is 21.1 Å². The average molecular weight is 599 g/mol. The van der Waals surface area contributed by atoms with Crippen molar-refractivity contribution in [1.82, 2.24) is 15.1 Å². The number of hydrogen-bond acceptors (Lipinski definition) is 6. The van der Waals surface area contributed by atoms with Crippen LogP contribution in [0.2, 0.25) is 5.02 Å². The third kappa shape index (κ3) is 4.46. The SMILES string of the molecule is COc1ccc(CCN2C(=O)c3[nH]nc(-c4cc(Cl)c(C)cc4O)c3C2c2cc(Br)c(O)c(OC)c2)cc1. The van der Waals surface area contributed by atoms with Crippen molar-refractivity contribution in [2.75, 3.05) is 20.8 Å². The Morgan fingerprint density at radius 2 is 1.84 bits per heavy atom. The molecule has 1 aliphatic heterocycles. The third-order valence-electron chi connectivity index (χ3n) is 6.78. The number of aromatic nitrogens is 2. The molecule has 3 N–H and O–H groups in total. The Morgan fingerprint density at radius 1 is 1.11 bits per heavy atom. The Bertz CT molecular complexity index is 1540. The molecule has 1 aromatic heterocycles. The van der Waals surface area contributed by atoms with E-state index in [2.05, 4.69) is 26.1 Å². The number of carbonyl (C=O) groups is 1. The number of carbonyl (C=O) groups excluding carboxylic acids is 1. The second-order valence-corrected chi connectivity index (χ2v) is 10.3. The largest absolute Gasteiger partial charge is 0.507 e. The number of amides is 1. The molecule has 8 nitrogen and oxygen atoms in total. The number of phenolic OH excluding ortho intramolecular Hbond substituents is 2. The monoisotopic (exact) mass is 597 g/mol. The Balaban J connectivity index is 1.63. The topological polar surface area (TPSA) is 108 Å². The van der Waals surface area contributed by atoms with Crippen molar-refractivity contribution in [1.29, 1.82) is 0 Å². The number of rotatable bonds is 7. The Morgan fingerprint density at radius 3 is 2.53 bits per heavy atom. The van der Waals surface area contributed by atoms with Crippen molar-refractivity contribution >= 4 is 33.4 Å². The van der Waals surface area contributed by atoms with Crippen LogP contribution in [-0.4, -0.2) is 52.0 Å². The maximum atomic E-state index is 13.7. The molecule has 3 aromatic carbocycles. The summed E-state index contributed by atoms with van der Waals surface area (Å²) in [5.41, 5.74) is 4.25. The number of H-pyrrole nitrogens is 1. The van der Waals surface area contributed by atoms with Gasteiger partial charge >= 0.3 is 0 Å². The first-order chi connectivity index (χ1) is 18.2.